The molecule has 0 nitrogen and oxygen atoms in total. The highest BCUT2D eigenvalue weighted by molar-refractivity contribution is 6.14. The summed E-state index contributed by atoms with van der Waals surface area (Å²) in [4.78, 5) is 0. The fourth-order valence-corrected chi connectivity index (χ4v) is 7.90. The predicted octanol–water partition coefficient (Wildman–Crippen LogP) is 15.7. The van der Waals surface area contributed by atoms with Crippen molar-refractivity contribution in [2.24, 2.45) is 0 Å². The lowest BCUT2D eigenvalue weighted by Crippen LogP contribution is -1.93. The molecule has 0 heterocycles. The molecule has 0 N–H and O–H groups in total. The molecule has 53 heavy (non-hydrogen) atoms. The summed E-state index contributed by atoms with van der Waals surface area (Å²) in [6.07, 6.45) is 8.59. The van der Waals surface area contributed by atoms with Gasteiger partial charge in [-0.15, -0.1) is 0 Å². The smallest absolute Gasteiger partial charge is 0.00639 e. The Balaban J connectivity index is 0.00000214. The van der Waals surface area contributed by atoms with Crippen LogP contribution in [0.5, 0.6) is 0 Å². The summed E-state index contributed by atoms with van der Waals surface area (Å²) in [5.74, 6) is 0.656. The number of fused-ring (bicyclic) bond motifs is 3. The van der Waals surface area contributed by atoms with Gasteiger partial charge in [-0.25, -0.2) is 0 Å². The Bertz CT molecular complexity index is 2530. The van der Waals surface area contributed by atoms with Crippen LogP contribution in [0.2, 0.25) is 0 Å². The predicted molar refractivity (Wildman–Crippen MR) is 234 cm³/mol. The van der Waals surface area contributed by atoms with Crippen LogP contribution in [0.3, 0.4) is 0 Å². The quantitative estimate of drug-likeness (QED) is 0.110. The van der Waals surface area contributed by atoms with Gasteiger partial charge >= 0.3 is 0 Å². The van der Waals surface area contributed by atoms with E-state index in [0.717, 1.165) is 0 Å². The lowest BCUT2D eigenvalue weighted by Gasteiger charge is -2.17. The monoisotopic (exact) mass is 686 g/mol. The standard InChI is InChI=1S/C51H44.C2H6/c1-6-7-19-43(33(2)3)45-22-12-21-44(35(45)5)41-18-11-17-39(30-41)37-15-10-16-38(29-37)40-26-25-34(4)49(31-40)48-24-13-23-47-46-20-9-8-14-42(46)32-50(51(47)48)36-27-28-36;1-2/h6-26,29-32,36H,1,27-28H2,2-5H3;1-2H3/b19-7-;. The van der Waals surface area contributed by atoms with Gasteiger partial charge in [-0.1, -0.05) is 159 Å². The van der Waals surface area contributed by atoms with Gasteiger partial charge < -0.3 is 0 Å². The molecule has 1 saturated carbocycles. The van der Waals surface area contributed by atoms with Gasteiger partial charge in [0.15, 0.2) is 0 Å². The van der Waals surface area contributed by atoms with Crippen molar-refractivity contribution in [3.8, 4) is 44.5 Å². The van der Waals surface area contributed by atoms with Gasteiger partial charge in [0.1, 0.15) is 0 Å². The number of hydrogen-bond donors (Lipinski definition) is 0. The van der Waals surface area contributed by atoms with Gasteiger partial charge in [0, 0.05) is 0 Å². The third-order valence-corrected chi connectivity index (χ3v) is 10.7. The van der Waals surface area contributed by atoms with Crippen molar-refractivity contribution in [2.75, 3.05) is 0 Å². The number of aryl methyl sites for hydroxylation is 1. The van der Waals surface area contributed by atoms with E-state index >= 15 is 0 Å². The van der Waals surface area contributed by atoms with Crippen LogP contribution >= 0.6 is 0 Å². The molecule has 0 spiro atoms. The minimum Gasteiger partial charge on any atom is -0.0991 e. The average Bonchev–Trinajstić information content (AvgIpc) is 4.05. The van der Waals surface area contributed by atoms with Crippen LogP contribution in [0.4, 0.5) is 0 Å². The first-order chi connectivity index (χ1) is 25.9. The summed E-state index contributed by atoms with van der Waals surface area (Å²) >= 11 is 0. The third-order valence-electron chi connectivity index (χ3n) is 10.7. The van der Waals surface area contributed by atoms with E-state index in [-0.39, 0.29) is 0 Å². The zero-order valence-electron chi connectivity index (χ0n) is 32.1. The molecule has 1 aliphatic carbocycles. The second kappa shape index (κ2) is 15.5. The summed E-state index contributed by atoms with van der Waals surface area (Å²) in [5, 5.41) is 5.48. The maximum atomic E-state index is 3.88. The highest BCUT2D eigenvalue weighted by Gasteiger charge is 2.27. The number of allylic oxidation sites excluding steroid dienone is 5. The zero-order chi connectivity index (χ0) is 37.1. The first kappa shape index (κ1) is 35.7. The molecule has 8 rings (SSSR count). The van der Waals surface area contributed by atoms with E-state index in [4.69, 9.17) is 0 Å². The highest BCUT2D eigenvalue weighted by Crippen LogP contribution is 2.48. The second-order valence-corrected chi connectivity index (χ2v) is 14.4. The normalized spacial score (nSPS) is 12.5. The van der Waals surface area contributed by atoms with Crippen LogP contribution < -0.4 is 0 Å². The molecular weight excluding hydrogens is 637 g/mol. The van der Waals surface area contributed by atoms with E-state index < -0.39 is 0 Å². The molecule has 0 bridgehead atoms. The molecule has 1 aliphatic rings. The summed E-state index contributed by atoms with van der Waals surface area (Å²) in [6.45, 7) is 16.7. The summed E-state index contributed by atoms with van der Waals surface area (Å²) in [7, 11) is 0. The summed E-state index contributed by atoms with van der Waals surface area (Å²) in [5.41, 5.74) is 17.9. The average molecular weight is 687 g/mol. The SMILES string of the molecule is C=C/C=C\C(=C(C)C)c1cccc(-c2cccc(-c3cccc(-c4ccc(C)c(-c5cccc6c5c(C5CC5)cc5ccccc56)c4)c3)c2)c1C.CC. The van der Waals surface area contributed by atoms with E-state index in [0.29, 0.717) is 5.92 Å². The fraction of sp³-hybridized carbons (Fsp3) is 0.170. The van der Waals surface area contributed by atoms with Crippen molar-refractivity contribution < 1.29 is 0 Å². The van der Waals surface area contributed by atoms with Gasteiger partial charge in [0.25, 0.3) is 0 Å². The Morgan fingerprint density at radius 2 is 1.19 bits per heavy atom. The van der Waals surface area contributed by atoms with Crippen molar-refractivity contribution >= 4 is 27.1 Å². The van der Waals surface area contributed by atoms with Crippen LogP contribution in [-0.4, -0.2) is 0 Å². The van der Waals surface area contributed by atoms with Gasteiger partial charge in [-0.3, -0.25) is 0 Å². The Hall–Kier alpha value is -5.72. The molecule has 1 fully saturated rings. The molecule has 7 aromatic carbocycles. The number of rotatable bonds is 8. The summed E-state index contributed by atoms with van der Waals surface area (Å²) in [6, 6.07) is 49.9. The molecule has 0 radical (unpaired) electrons. The molecule has 0 unspecified atom stereocenters. The van der Waals surface area contributed by atoms with Crippen molar-refractivity contribution in [1.29, 1.82) is 0 Å². The molecular formula is C53H50. The van der Waals surface area contributed by atoms with Crippen LogP contribution in [0, 0.1) is 13.8 Å². The third kappa shape index (κ3) is 7.07. The van der Waals surface area contributed by atoms with E-state index in [1.54, 1.807) is 0 Å². The molecule has 0 saturated heterocycles. The topological polar surface area (TPSA) is 0 Å². The molecule has 0 heteroatoms. The van der Waals surface area contributed by atoms with Crippen molar-refractivity contribution in [3.05, 3.63) is 186 Å². The largest absolute Gasteiger partial charge is 0.0991 e. The Labute approximate surface area is 316 Å². The fourth-order valence-electron chi connectivity index (χ4n) is 7.90. The number of hydrogen-bond acceptors (Lipinski definition) is 0. The highest BCUT2D eigenvalue weighted by atomic mass is 14.3. The molecule has 0 amide bonds. The minimum absolute atomic E-state index is 0.656. The molecule has 7 aromatic rings. The van der Waals surface area contributed by atoms with E-state index in [2.05, 4.69) is 174 Å². The molecule has 0 atom stereocenters. The van der Waals surface area contributed by atoms with Crippen LogP contribution in [-0.2, 0) is 0 Å². The van der Waals surface area contributed by atoms with Crippen LogP contribution in [0.25, 0.3) is 71.6 Å². The van der Waals surface area contributed by atoms with Crippen molar-refractivity contribution in [2.45, 2.75) is 60.3 Å². The second-order valence-electron chi connectivity index (χ2n) is 14.4. The van der Waals surface area contributed by atoms with Crippen molar-refractivity contribution in [3.63, 3.8) is 0 Å². The van der Waals surface area contributed by atoms with E-state index in [1.165, 1.54) is 112 Å². The van der Waals surface area contributed by atoms with Crippen LogP contribution in [0.1, 0.15) is 68.7 Å². The first-order valence-electron chi connectivity index (χ1n) is 19.2. The van der Waals surface area contributed by atoms with Gasteiger partial charge in [-0.05, 0) is 159 Å². The Kier molecular flexibility index (Phi) is 10.4. The van der Waals surface area contributed by atoms with Gasteiger partial charge in [0.2, 0.25) is 0 Å². The number of benzene rings is 7. The minimum atomic E-state index is 0.656. The Morgan fingerprint density at radius 3 is 1.89 bits per heavy atom. The lowest BCUT2D eigenvalue weighted by molar-refractivity contribution is 1.16. The lowest BCUT2D eigenvalue weighted by atomic mass is 9.87. The maximum Gasteiger partial charge on any atom is -0.00639 e. The summed E-state index contributed by atoms with van der Waals surface area (Å²) < 4.78 is 0. The van der Waals surface area contributed by atoms with E-state index in [1.807, 2.05) is 26.0 Å². The maximum absolute atomic E-state index is 3.88. The van der Waals surface area contributed by atoms with Gasteiger partial charge in [-0.2, -0.15) is 0 Å². The first-order valence-corrected chi connectivity index (χ1v) is 19.2. The molecule has 262 valence electrons. The molecule has 0 aromatic heterocycles. The van der Waals surface area contributed by atoms with E-state index in [9.17, 15) is 0 Å². The Morgan fingerprint density at radius 1 is 0.585 bits per heavy atom. The van der Waals surface area contributed by atoms with Gasteiger partial charge in [0.05, 0.1) is 0 Å². The zero-order valence-corrected chi connectivity index (χ0v) is 32.1. The van der Waals surface area contributed by atoms with Crippen molar-refractivity contribution in [1.82, 2.24) is 0 Å². The molecule has 0 aliphatic heterocycles. The van der Waals surface area contributed by atoms with Crippen LogP contribution in [0.15, 0.2) is 164 Å².